The summed E-state index contributed by atoms with van der Waals surface area (Å²) in [5.74, 6) is -0.275. The van der Waals surface area contributed by atoms with Crippen LogP contribution in [0.5, 0.6) is 0 Å². The molecule has 0 atom stereocenters. The molecule has 0 saturated carbocycles. The molecular weight excluding hydrogens is 871 g/mol. The zero-order chi connectivity index (χ0) is 56.8. The number of aromatic nitrogens is 7. The first-order chi connectivity index (χ1) is 40.2. The van der Waals surface area contributed by atoms with Crippen LogP contribution in [0.3, 0.4) is 0 Å². The zero-order valence-corrected chi connectivity index (χ0v) is 37.0. The van der Waals surface area contributed by atoms with Crippen molar-refractivity contribution < 1.29 is 20.9 Å². The fourth-order valence-corrected chi connectivity index (χ4v) is 11.0. The van der Waals surface area contributed by atoms with E-state index in [1.165, 1.54) is 0 Å². The van der Waals surface area contributed by atoms with Crippen molar-refractivity contribution in [2.75, 3.05) is 0 Å². The lowest BCUT2D eigenvalue weighted by Crippen LogP contribution is -2.12. The van der Waals surface area contributed by atoms with Crippen LogP contribution in [-0.4, -0.2) is 33.2 Å². The van der Waals surface area contributed by atoms with Gasteiger partial charge in [0.1, 0.15) is 11.2 Å². The Morgan fingerprint density at radius 3 is 1.32 bits per heavy atom. The van der Waals surface area contributed by atoms with E-state index >= 15 is 0 Å². The molecule has 0 amide bonds. The molecule has 0 radical (unpaired) electrons. The Morgan fingerprint density at radius 1 is 0.324 bits per heavy atom. The van der Waals surface area contributed by atoms with Crippen LogP contribution in [0.1, 0.15) is 16.4 Å². The minimum Gasteiger partial charge on any atom is -0.456 e. The highest BCUT2D eigenvalue weighted by Gasteiger charge is 2.28. The second-order valence-electron chi connectivity index (χ2n) is 17.4. The smallest absolute Gasteiger partial charge is 0.240 e. The van der Waals surface area contributed by atoms with E-state index in [1.54, 1.807) is 62.2 Å². The van der Waals surface area contributed by atoms with Gasteiger partial charge in [0, 0.05) is 48.5 Å². The number of hydrogen-bond donors (Lipinski definition) is 0. The number of benzene rings is 10. The lowest BCUT2D eigenvalue weighted by molar-refractivity contribution is 0.669. The highest BCUT2D eigenvalue weighted by molar-refractivity contribution is 6.25. The second-order valence-corrected chi connectivity index (χ2v) is 17.4. The molecule has 0 fully saturated rings. The van der Waals surface area contributed by atoms with E-state index in [4.69, 9.17) is 27.6 Å². The van der Waals surface area contributed by atoms with Crippen LogP contribution < -0.4 is 0 Å². The van der Waals surface area contributed by atoms with Gasteiger partial charge in [-0.15, -0.1) is 0 Å². The molecule has 71 heavy (non-hydrogen) atoms. The van der Waals surface area contributed by atoms with Crippen molar-refractivity contribution in [2.24, 2.45) is 0 Å². The summed E-state index contributed by atoms with van der Waals surface area (Å²) >= 11 is 0. The largest absolute Gasteiger partial charge is 0.456 e. The average molecular weight is 920 g/mol. The minimum atomic E-state index is -0.493. The molecule has 0 N–H and O–H groups in total. The lowest BCUT2D eigenvalue weighted by atomic mass is 10.1. The Bertz CT molecular complexity index is 5490. The van der Waals surface area contributed by atoms with Crippen LogP contribution >= 0.6 is 0 Å². The van der Waals surface area contributed by atoms with Gasteiger partial charge in [-0.05, 0) is 72.7 Å². The normalized spacial score (nSPS) is 14.6. The number of para-hydroxylation sites is 8. The lowest BCUT2D eigenvalue weighted by Gasteiger charge is -2.20. The zero-order valence-electron chi connectivity index (χ0n) is 49.0. The predicted molar refractivity (Wildman–Crippen MR) is 290 cm³/mol. The molecule has 0 spiro atoms. The summed E-state index contributed by atoms with van der Waals surface area (Å²) in [5, 5.41) is 5.65. The van der Waals surface area contributed by atoms with Gasteiger partial charge in [-0.1, -0.05) is 151 Å². The quantitative estimate of drug-likeness (QED) is 0.172. The van der Waals surface area contributed by atoms with E-state index in [1.807, 2.05) is 103 Å². The van der Waals surface area contributed by atoms with E-state index in [9.17, 15) is 8.22 Å². The molecular formula is C63H37N7O. The Balaban J connectivity index is 1.16. The molecule has 0 aliphatic heterocycles. The van der Waals surface area contributed by atoms with Crippen molar-refractivity contribution in [1.29, 1.82) is 0 Å². The Labute approximate surface area is 421 Å². The van der Waals surface area contributed by atoms with E-state index in [-0.39, 0.29) is 86.7 Å². The first-order valence-electron chi connectivity index (χ1n) is 29.0. The van der Waals surface area contributed by atoms with Crippen molar-refractivity contribution in [3.63, 3.8) is 0 Å². The molecule has 0 unspecified atom stereocenters. The first kappa shape index (κ1) is 28.5. The monoisotopic (exact) mass is 919 g/mol. The van der Waals surface area contributed by atoms with Crippen LogP contribution in [0.4, 0.5) is 0 Å². The maximum absolute atomic E-state index is 9.69. The van der Waals surface area contributed by atoms with Gasteiger partial charge in [-0.2, -0.15) is 15.0 Å². The van der Waals surface area contributed by atoms with Gasteiger partial charge in [0.2, 0.25) is 11.9 Å². The topological polar surface area (TPSA) is 71.5 Å². The minimum absolute atomic E-state index is 0.0314. The third-order valence-corrected chi connectivity index (χ3v) is 13.8. The number of furan rings is 1. The summed E-state index contributed by atoms with van der Waals surface area (Å²) in [6.45, 7) is 0. The molecule has 6 aromatic heterocycles. The molecule has 10 aromatic carbocycles. The molecule has 8 heteroatoms. The molecule has 0 aliphatic carbocycles. The number of rotatable bonds is 5. The van der Waals surface area contributed by atoms with Gasteiger partial charge in [0.05, 0.1) is 82.9 Å². The molecule has 16 rings (SSSR count). The summed E-state index contributed by atoms with van der Waals surface area (Å²) < 4.78 is 124. The van der Waals surface area contributed by atoms with E-state index < -0.39 is 36.3 Å². The summed E-state index contributed by atoms with van der Waals surface area (Å²) in [5.41, 5.74) is 5.67. The molecule has 330 valence electrons. The van der Waals surface area contributed by atoms with Gasteiger partial charge < -0.3 is 13.6 Å². The van der Waals surface area contributed by atoms with Gasteiger partial charge in [-0.25, -0.2) is 0 Å². The summed E-state index contributed by atoms with van der Waals surface area (Å²) in [6.07, 6.45) is 0. The predicted octanol–water partition coefficient (Wildman–Crippen LogP) is 15.8. The molecule has 0 saturated heterocycles. The van der Waals surface area contributed by atoms with E-state index in [0.29, 0.717) is 60.8 Å². The maximum Gasteiger partial charge on any atom is 0.240 e. The molecule has 16 aromatic rings. The van der Waals surface area contributed by atoms with Gasteiger partial charge >= 0.3 is 0 Å². The van der Waals surface area contributed by atoms with Gasteiger partial charge in [0.15, 0.2) is 5.82 Å². The third-order valence-electron chi connectivity index (χ3n) is 13.8. The fourth-order valence-electron chi connectivity index (χ4n) is 11.0. The highest BCUT2D eigenvalue weighted by Crippen LogP contribution is 2.45. The molecule has 0 aliphatic rings. The van der Waals surface area contributed by atoms with Crippen LogP contribution in [-0.2, 0) is 0 Å². The number of hydrogen-bond acceptors (Lipinski definition) is 4. The molecule has 6 heterocycles. The first-order valence-corrected chi connectivity index (χ1v) is 23.0. The van der Waals surface area contributed by atoms with Crippen LogP contribution in [0, 0.1) is 0 Å². The SMILES string of the molecule is [2H]c1c([2H])c([2H])c2c(c1[2H])c1ccccc1n2-c1nc(-c2c(-n3c4ccccc4c4c([2H])c([2H])c([2H])c([2H])c43)cccc2-n2c3ccccc3c3ccc4oc5ccccc5c4c32)nc(-n2c3ccccc3c3c([2H])c([2H])c([2H])c([2H])c32)n1. The summed E-state index contributed by atoms with van der Waals surface area (Å²) in [7, 11) is 0. The number of nitrogens with zero attached hydrogens (tertiary/aromatic N) is 7. The van der Waals surface area contributed by atoms with Crippen molar-refractivity contribution in [1.82, 2.24) is 33.2 Å². The summed E-state index contributed by atoms with van der Waals surface area (Å²) in [4.78, 5) is 16.2. The highest BCUT2D eigenvalue weighted by atomic mass is 16.3. The van der Waals surface area contributed by atoms with E-state index in [2.05, 4.69) is 4.57 Å². The Hall–Kier alpha value is -9.79. The average Bonchev–Trinajstić information content (AvgIpc) is 4.16. The van der Waals surface area contributed by atoms with Crippen molar-refractivity contribution >= 4 is 109 Å². The van der Waals surface area contributed by atoms with Crippen molar-refractivity contribution in [3.05, 3.63) is 224 Å². The second kappa shape index (κ2) is 14.4. The van der Waals surface area contributed by atoms with E-state index in [0.717, 1.165) is 32.6 Å². The van der Waals surface area contributed by atoms with Crippen LogP contribution in [0.2, 0.25) is 0 Å². The van der Waals surface area contributed by atoms with Gasteiger partial charge in [-0.3, -0.25) is 9.13 Å². The maximum atomic E-state index is 9.69. The van der Waals surface area contributed by atoms with Crippen molar-refractivity contribution in [2.45, 2.75) is 0 Å². The number of fused-ring (bicyclic) bond motifs is 16. The third kappa shape index (κ3) is 5.25. The fraction of sp³-hybridized carbons (Fsp3) is 0. The molecule has 0 bridgehead atoms. The Kier molecular flexibility index (Phi) is 5.77. The molecule has 8 nitrogen and oxygen atoms in total. The van der Waals surface area contributed by atoms with Crippen LogP contribution in [0.25, 0.3) is 144 Å². The van der Waals surface area contributed by atoms with Crippen LogP contribution in [0.15, 0.2) is 229 Å². The van der Waals surface area contributed by atoms with Crippen molar-refractivity contribution in [3.8, 4) is 34.7 Å². The standard InChI is InChI=1S/C63H37N7O/c1-9-26-47-38(18-1)39-19-2-10-27-48(39)67(47)54-33-17-34-55(68-49-28-11-7-24-44(49)45-36-37-57-58(60(45)68)46-25-8-16-35-56(46)71-57)59(54)61-64-62(69-50-29-12-3-20-40(50)41-21-4-13-30-51(41)69)66-63(65-61)70-52-31-14-5-22-42(52)43-23-6-15-32-53(43)70/h1-37H/i1D,3D,5D,9D,12D,14D,18D,20D,22D,26D,29D,31D. The van der Waals surface area contributed by atoms with Gasteiger partial charge in [0.25, 0.3) is 0 Å². The summed E-state index contributed by atoms with van der Waals surface area (Å²) in [6, 6.07) is 42.3. The Morgan fingerprint density at radius 2 is 0.761 bits per heavy atom.